The van der Waals surface area contributed by atoms with E-state index < -0.39 is 6.29 Å². The third-order valence-electron chi connectivity index (χ3n) is 2.53. The summed E-state index contributed by atoms with van der Waals surface area (Å²) in [5.74, 6) is 0.309. The van der Waals surface area contributed by atoms with Gasteiger partial charge in [0.25, 0.3) is 0 Å². The Hall–Kier alpha value is -1.07. The molecule has 1 heterocycles. The molecular formula is C11H14ClF2NO2. The van der Waals surface area contributed by atoms with Gasteiger partial charge in [-0.05, 0) is 23.6 Å². The van der Waals surface area contributed by atoms with Crippen LogP contribution in [-0.2, 0) is 0 Å². The van der Waals surface area contributed by atoms with Crippen molar-refractivity contribution in [1.82, 2.24) is 0 Å². The molecule has 1 aliphatic rings. The van der Waals surface area contributed by atoms with Crippen LogP contribution in [0, 0.1) is 5.92 Å². The SMILES string of the molecule is CC(C)C(N)c1ccc2c(c1)OC(F)(F)O2.Cl. The maximum absolute atomic E-state index is 12.8. The summed E-state index contributed by atoms with van der Waals surface area (Å²) in [6.45, 7) is 3.92. The Bertz CT molecular complexity index is 412. The Morgan fingerprint density at radius 2 is 1.76 bits per heavy atom. The van der Waals surface area contributed by atoms with Gasteiger partial charge in [0.2, 0.25) is 0 Å². The molecule has 0 spiro atoms. The zero-order valence-electron chi connectivity index (χ0n) is 9.44. The largest absolute Gasteiger partial charge is 0.586 e. The minimum atomic E-state index is -3.57. The fourth-order valence-electron chi connectivity index (χ4n) is 1.56. The Balaban J connectivity index is 0.00000144. The number of rotatable bonds is 2. The van der Waals surface area contributed by atoms with Crippen LogP contribution < -0.4 is 15.2 Å². The maximum atomic E-state index is 12.8. The average molecular weight is 266 g/mol. The highest BCUT2D eigenvalue weighted by Gasteiger charge is 2.43. The van der Waals surface area contributed by atoms with Crippen molar-refractivity contribution in [3.63, 3.8) is 0 Å². The Labute approximate surface area is 104 Å². The summed E-state index contributed by atoms with van der Waals surface area (Å²) in [4.78, 5) is 0. The average Bonchev–Trinajstić information content (AvgIpc) is 2.48. The van der Waals surface area contributed by atoms with Crippen molar-refractivity contribution in [2.45, 2.75) is 26.2 Å². The molecule has 1 aliphatic heterocycles. The van der Waals surface area contributed by atoms with Crippen molar-refractivity contribution in [3.8, 4) is 11.5 Å². The van der Waals surface area contributed by atoms with Gasteiger partial charge in [0.1, 0.15) is 0 Å². The third-order valence-corrected chi connectivity index (χ3v) is 2.53. The van der Waals surface area contributed by atoms with Gasteiger partial charge in [-0.2, -0.15) is 0 Å². The van der Waals surface area contributed by atoms with Crippen molar-refractivity contribution in [2.75, 3.05) is 0 Å². The van der Waals surface area contributed by atoms with E-state index in [4.69, 9.17) is 5.73 Å². The lowest BCUT2D eigenvalue weighted by molar-refractivity contribution is -0.286. The van der Waals surface area contributed by atoms with Crippen LogP contribution >= 0.6 is 12.4 Å². The lowest BCUT2D eigenvalue weighted by atomic mass is 9.97. The molecule has 1 atom stereocenters. The van der Waals surface area contributed by atoms with E-state index in [-0.39, 0.29) is 35.9 Å². The van der Waals surface area contributed by atoms with E-state index >= 15 is 0 Å². The lowest BCUT2D eigenvalue weighted by Gasteiger charge is -2.15. The summed E-state index contributed by atoms with van der Waals surface area (Å²) in [7, 11) is 0. The molecule has 3 nitrogen and oxygen atoms in total. The molecule has 0 radical (unpaired) electrons. The molecular weight excluding hydrogens is 252 g/mol. The van der Waals surface area contributed by atoms with Gasteiger partial charge in [-0.25, -0.2) is 0 Å². The van der Waals surface area contributed by atoms with Gasteiger partial charge in [0, 0.05) is 6.04 Å². The summed E-state index contributed by atoms with van der Waals surface area (Å²) in [6, 6.07) is 4.42. The third kappa shape index (κ3) is 2.79. The van der Waals surface area contributed by atoms with Crippen LogP contribution in [0.15, 0.2) is 18.2 Å². The van der Waals surface area contributed by atoms with E-state index in [0.29, 0.717) is 0 Å². The second kappa shape index (κ2) is 4.66. The molecule has 0 saturated carbocycles. The summed E-state index contributed by atoms with van der Waals surface area (Å²) >= 11 is 0. The van der Waals surface area contributed by atoms with Crippen LogP contribution in [0.25, 0.3) is 0 Å². The second-order valence-electron chi connectivity index (χ2n) is 4.14. The van der Waals surface area contributed by atoms with Crippen LogP contribution in [0.1, 0.15) is 25.5 Å². The molecule has 0 fully saturated rings. The van der Waals surface area contributed by atoms with Gasteiger partial charge in [-0.1, -0.05) is 19.9 Å². The summed E-state index contributed by atoms with van der Waals surface area (Å²) in [6.07, 6.45) is -3.57. The van der Waals surface area contributed by atoms with Crippen molar-refractivity contribution >= 4 is 12.4 Å². The van der Waals surface area contributed by atoms with Gasteiger partial charge in [0.15, 0.2) is 11.5 Å². The molecule has 0 amide bonds. The van der Waals surface area contributed by atoms with E-state index in [2.05, 4.69) is 9.47 Å². The van der Waals surface area contributed by atoms with E-state index in [1.54, 1.807) is 6.07 Å². The van der Waals surface area contributed by atoms with Crippen LogP contribution in [0.2, 0.25) is 0 Å². The van der Waals surface area contributed by atoms with Gasteiger partial charge >= 0.3 is 6.29 Å². The van der Waals surface area contributed by atoms with E-state index in [1.807, 2.05) is 13.8 Å². The normalized spacial score (nSPS) is 17.8. The number of nitrogens with two attached hydrogens (primary N) is 1. The lowest BCUT2D eigenvalue weighted by Crippen LogP contribution is -2.26. The zero-order chi connectivity index (χ0) is 11.9. The fourth-order valence-corrected chi connectivity index (χ4v) is 1.56. The molecule has 1 unspecified atom stereocenters. The molecule has 0 aliphatic carbocycles. The summed E-state index contributed by atoms with van der Waals surface area (Å²) in [5, 5.41) is 0. The van der Waals surface area contributed by atoms with Crippen LogP contribution in [0.3, 0.4) is 0 Å². The number of benzene rings is 1. The predicted molar refractivity (Wildman–Crippen MR) is 61.7 cm³/mol. The molecule has 2 N–H and O–H groups in total. The standard InChI is InChI=1S/C11H13F2NO2.ClH/c1-6(2)10(14)7-3-4-8-9(5-7)16-11(12,13)15-8;/h3-6,10H,14H2,1-2H3;1H. The first-order valence-electron chi connectivity index (χ1n) is 5.04. The molecule has 2 rings (SSSR count). The Morgan fingerprint density at radius 3 is 2.35 bits per heavy atom. The van der Waals surface area contributed by atoms with Crippen molar-refractivity contribution in [1.29, 1.82) is 0 Å². The summed E-state index contributed by atoms with van der Waals surface area (Å²) < 4.78 is 34.2. The van der Waals surface area contributed by atoms with Gasteiger partial charge in [-0.15, -0.1) is 21.2 Å². The van der Waals surface area contributed by atoms with Crippen molar-refractivity contribution < 1.29 is 18.3 Å². The summed E-state index contributed by atoms with van der Waals surface area (Å²) in [5.41, 5.74) is 6.67. The molecule has 0 aromatic heterocycles. The number of halogens is 3. The molecule has 0 saturated heterocycles. The first-order valence-corrected chi connectivity index (χ1v) is 5.04. The number of hydrogen-bond acceptors (Lipinski definition) is 3. The number of ether oxygens (including phenoxy) is 2. The molecule has 1 aromatic rings. The molecule has 1 aromatic carbocycles. The van der Waals surface area contributed by atoms with Gasteiger partial charge in [-0.3, -0.25) is 0 Å². The van der Waals surface area contributed by atoms with E-state index in [1.165, 1.54) is 12.1 Å². The van der Waals surface area contributed by atoms with E-state index in [0.717, 1.165) is 5.56 Å². The van der Waals surface area contributed by atoms with Crippen molar-refractivity contribution in [3.05, 3.63) is 23.8 Å². The Kier molecular flexibility index (Phi) is 3.84. The molecule has 96 valence electrons. The fraction of sp³-hybridized carbons (Fsp3) is 0.455. The maximum Gasteiger partial charge on any atom is 0.586 e. The topological polar surface area (TPSA) is 44.5 Å². The first kappa shape index (κ1) is 14.0. The highest BCUT2D eigenvalue weighted by Crippen LogP contribution is 2.42. The minimum Gasteiger partial charge on any atom is -0.395 e. The highest BCUT2D eigenvalue weighted by atomic mass is 35.5. The molecule has 6 heteroatoms. The number of alkyl halides is 2. The smallest absolute Gasteiger partial charge is 0.395 e. The molecule has 0 bridgehead atoms. The highest BCUT2D eigenvalue weighted by molar-refractivity contribution is 5.85. The van der Waals surface area contributed by atoms with Gasteiger partial charge < -0.3 is 15.2 Å². The predicted octanol–water partition coefficient (Wildman–Crippen LogP) is 3.09. The zero-order valence-corrected chi connectivity index (χ0v) is 10.3. The van der Waals surface area contributed by atoms with Crippen LogP contribution in [0.4, 0.5) is 8.78 Å². The monoisotopic (exact) mass is 265 g/mol. The van der Waals surface area contributed by atoms with Crippen LogP contribution in [0.5, 0.6) is 11.5 Å². The minimum absolute atomic E-state index is 0. The second-order valence-corrected chi connectivity index (χ2v) is 4.14. The molecule has 17 heavy (non-hydrogen) atoms. The number of fused-ring (bicyclic) bond motifs is 1. The first-order chi connectivity index (χ1) is 7.39. The van der Waals surface area contributed by atoms with Crippen molar-refractivity contribution in [2.24, 2.45) is 11.7 Å². The van der Waals surface area contributed by atoms with E-state index in [9.17, 15) is 8.78 Å². The quantitative estimate of drug-likeness (QED) is 0.894. The van der Waals surface area contributed by atoms with Crippen LogP contribution in [-0.4, -0.2) is 6.29 Å². The number of hydrogen-bond donors (Lipinski definition) is 1. The van der Waals surface area contributed by atoms with Gasteiger partial charge in [0.05, 0.1) is 0 Å². The Morgan fingerprint density at radius 1 is 1.18 bits per heavy atom.